The topological polar surface area (TPSA) is 67.9 Å². The number of hydrogen-bond acceptors (Lipinski definition) is 5. The Balaban J connectivity index is 2.02. The van der Waals surface area contributed by atoms with Crippen LogP contribution in [0.4, 0.5) is 20.7 Å². The molecule has 0 unspecified atom stereocenters. The predicted molar refractivity (Wildman–Crippen MR) is 71.0 cm³/mol. The maximum Gasteiger partial charge on any atom is 0.230 e. The van der Waals surface area contributed by atoms with Gasteiger partial charge in [0.25, 0.3) is 0 Å². The quantitative estimate of drug-likeness (QED) is 0.909. The number of rotatable bonds is 2. The van der Waals surface area contributed by atoms with Gasteiger partial charge in [-0.3, -0.25) is 0 Å². The molecule has 7 heteroatoms. The minimum Gasteiger partial charge on any atom is -0.368 e. The number of aromatic nitrogens is 3. The maximum absolute atomic E-state index is 13.3. The molecular formula is C13H13F2N5. The predicted octanol–water partition coefficient (Wildman–Crippen LogP) is 2.00. The zero-order valence-electron chi connectivity index (χ0n) is 10.7. The molecule has 3 rings (SSSR count). The van der Waals surface area contributed by atoms with E-state index in [4.69, 9.17) is 5.73 Å². The Hall–Kier alpha value is -2.31. The van der Waals surface area contributed by atoms with Crippen molar-refractivity contribution in [3.05, 3.63) is 29.8 Å². The summed E-state index contributed by atoms with van der Waals surface area (Å²) >= 11 is 0. The third-order valence-electron chi connectivity index (χ3n) is 3.21. The minimum atomic E-state index is -0.941. The fourth-order valence-corrected chi connectivity index (χ4v) is 2.20. The van der Waals surface area contributed by atoms with Gasteiger partial charge in [0.2, 0.25) is 11.9 Å². The van der Waals surface area contributed by atoms with Crippen molar-refractivity contribution in [1.29, 1.82) is 0 Å². The highest BCUT2D eigenvalue weighted by atomic mass is 19.2. The van der Waals surface area contributed by atoms with Gasteiger partial charge in [-0.15, -0.1) is 0 Å². The van der Waals surface area contributed by atoms with Crippen molar-refractivity contribution in [1.82, 2.24) is 15.0 Å². The highest BCUT2D eigenvalue weighted by Gasteiger charge is 2.17. The Labute approximate surface area is 114 Å². The molecule has 0 amide bonds. The van der Waals surface area contributed by atoms with Crippen LogP contribution in [-0.2, 0) is 0 Å². The molecule has 5 nitrogen and oxygen atoms in total. The van der Waals surface area contributed by atoms with Crippen molar-refractivity contribution in [3.8, 4) is 11.4 Å². The fraction of sp³-hybridized carbons (Fsp3) is 0.308. The largest absolute Gasteiger partial charge is 0.368 e. The molecule has 1 aromatic heterocycles. The molecule has 1 saturated heterocycles. The number of nitrogens with zero attached hydrogens (tertiary/aromatic N) is 4. The van der Waals surface area contributed by atoms with Crippen LogP contribution in [0.15, 0.2) is 18.2 Å². The van der Waals surface area contributed by atoms with E-state index in [0.717, 1.165) is 38.1 Å². The van der Waals surface area contributed by atoms with E-state index in [-0.39, 0.29) is 11.8 Å². The first-order chi connectivity index (χ1) is 9.63. The summed E-state index contributed by atoms with van der Waals surface area (Å²) in [7, 11) is 0. The molecule has 2 heterocycles. The van der Waals surface area contributed by atoms with Gasteiger partial charge in [-0.05, 0) is 31.0 Å². The second-order valence-corrected chi connectivity index (χ2v) is 4.64. The summed E-state index contributed by atoms with van der Waals surface area (Å²) in [6.07, 6.45) is 2.15. The first-order valence-corrected chi connectivity index (χ1v) is 6.35. The number of benzene rings is 1. The van der Waals surface area contributed by atoms with Crippen molar-refractivity contribution in [2.24, 2.45) is 0 Å². The SMILES string of the molecule is Nc1nc(-c2ccc(F)c(F)c2)nc(N2CCCC2)n1. The Bertz CT molecular complexity index is 641. The van der Waals surface area contributed by atoms with Crippen molar-refractivity contribution >= 4 is 11.9 Å². The molecule has 0 aliphatic carbocycles. The normalized spacial score (nSPS) is 14.8. The summed E-state index contributed by atoms with van der Waals surface area (Å²) < 4.78 is 26.2. The molecule has 0 spiro atoms. The van der Waals surface area contributed by atoms with Gasteiger partial charge >= 0.3 is 0 Å². The second-order valence-electron chi connectivity index (χ2n) is 4.64. The van der Waals surface area contributed by atoms with E-state index in [0.29, 0.717) is 11.5 Å². The summed E-state index contributed by atoms with van der Waals surface area (Å²) in [6.45, 7) is 1.72. The van der Waals surface area contributed by atoms with Crippen LogP contribution in [0.3, 0.4) is 0 Å². The summed E-state index contributed by atoms with van der Waals surface area (Å²) in [5, 5.41) is 0. The van der Waals surface area contributed by atoms with Crippen molar-refractivity contribution < 1.29 is 8.78 Å². The van der Waals surface area contributed by atoms with Crippen LogP contribution in [0.2, 0.25) is 0 Å². The zero-order chi connectivity index (χ0) is 14.1. The molecule has 0 saturated carbocycles. The molecule has 104 valence electrons. The number of nitrogens with two attached hydrogens (primary N) is 1. The zero-order valence-corrected chi connectivity index (χ0v) is 10.7. The lowest BCUT2D eigenvalue weighted by Crippen LogP contribution is -2.21. The van der Waals surface area contributed by atoms with Crippen molar-refractivity contribution in [2.75, 3.05) is 23.7 Å². The lowest BCUT2D eigenvalue weighted by atomic mass is 10.2. The summed E-state index contributed by atoms with van der Waals surface area (Å²) in [4.78, 5) is 14.4. The van der Waals surface area contributed by atoms with E-state index in [1.54, 1.807) is 0 Å². The molecule has 1 fully saturated rings. The van der Waals surface area contributed by atoms with E-state index < -0.39 is 11.6 Å². The Morgan fingerprint density at radius 1 is 1.00 bits per heavy atom. The molecule has 1 aromatic carbocycles. The number of anilines is 2. The van der Waals surface area contributed by atoms with Gasteiger partial charge in [-0.1, -0.05) is 0 Å². The minimum absolute atomic E-state index is 0.0710. The van der Waals surface area contributed by atoms with Crippen LogP contribution in [0.5, 0.6) is 0 Å². The third kappa shape index (κ3) is 2.38. The lowest BCUT2D eigenvalue weighted by Gasteiger charge is -2.15. The molecule has 1 aliphatic rings. The van der Waals surface area contributed by atoms with Crippen LogP contribution in [0.25, 0.3) is 11.4 Å². The molecule has 2 aromatic rings. The lowest BCUT2D eigenvalue weighted by molar-refractivity contribution is 0.509. The standard InChI is InChI=1S/C13H13F2N5/c14-9-4-3-8(7-10(9)15)11-17-12(16)19-13(18-11)20-5-1-2-6-20/h3-4,7H,1-2,5-6H2,(H2,16,17,18,19). The molecule has 0 atom stereocenters. The molecule has 0 radical (unpaired) electrons. The van der Waals surface area contributed by atoms with E-state index in [1.165, 1.54) is 6.07 Å². The van der Waals surface area contributed by atoms with Gasteiger partial charge in [0, 0.05) is 18.7 Å². The summed E-state index contributed by atoms with van der Waals surface area (Å²) in [6, 6.07) is 3.51. The van der Waals surface area contributed by atoms with Crippen LogP contribution >= 0.6 is 0 Å². The number of nitrogen functional groups attached to an aromatic ring is 1. The highest BCUT2D eigenvalue weighted by Crippen LogP contribution is 2.22. The first-order valence-electron chi connectivity index (χ1n) is 6.35. The Morgan fingerprint density at radius 2 is 1.75 bits per heavy atom. The van der Waals surface area contributed by atoms with Gasteiger partial charge in [0.1, 0.15) is 0 Å². The van der Waals surface area contributed by atoms with Crippen LogP contribution in [-0.4, -0.2) is 28.0 Å². The van der Waals surface area contributed by atoms with Gasteiger partial charge in [0.05, 0.1) is 0 Å². The second kappa shape index (κ2) is 4.99. The van der Waals surface area contributed by atoms with Gasteiger partial charge in [-0.2, -0.15) is 15.0 Å². The first kappa shape index (κ1) is 12.7. The molecule has 0 bridgehead atoms. The Morgan fingerprint density at radius 3 is 2.45 bits per heavy atom. The van der Waals surface area contributed by atoms with Gasteiger partial charge in [0.15, 0.2) is 17.5 Å². The fourth-order valence-electron chi connectivity index (χ4n) is 2.20. The van der Waals surface area contributed by atoms with Gasteiger partial charge in [-0.25, -0.2) is 8.78 Å². The third-order valence-corrected chi connectivity index (χ3v) is 3.21. The maximum atomic E-state index is 13.3. The average molecular weight is 277 g/mol. The van der Waals surface area contributed by atoms with Crippen LogP contribution in [0.1, 0.15) is 12.8 Å². The highest BCUT2D eigenvalue weighted by molar-refractivity contribution is 5.58. The smallest absolute Gasteiger partial charge is 0.230 e. The molecule has 20 heavy (non-hydrogen) atoms. The van der Waals surface area contributed by atoms with Crippen molar-refractivity contribution in [3.63, 3.8) is 0 Å². The van der Waals surface area contributed by atoms with Gasteiger partial charge < -0.3 is 10.6 Å². The average Bonchev–Trinajstić information content (AvgIpc) is 2.95. The Kier molecular flexibility index (Phi) is 3.17. The van der Waals surface area contributed by atoms with E-state index in [2.05, 4.69) is 15.0 Å². The van der Waals surface area contributed by atoms with Crippen molar-refractivity contribution in [2.45, 2.75) is 12.8 Å². The summed E-state index contributed by atoms with van der Waals surface area (Å²) in [5.74, 6) is -1.05. The van der Waals surface area contributed by atoms with E-state index in [9.17, 15) is 8.78 Å². The monoisotopic (exact) mass is 277 g/mol. The molecule has 2 N–H and O–H groups in total. The molecule has 1 aliphatic heterocycles. The number of halogens is 2. The van der Waals surface area contributed by atoms with E-state index >= 15 is 0 Å². The van der Waals surface area contributed by atoms with E-state index in [1.807, 2.05) is 4.90 Å². The van der Waals surface area contributed by atoms with Crippen LogP contribution < -0.4 is 10.6 Å². The summed E-state index contributed by atoms with van der Waals surface area (Å²) in [5.41, 5.74) is 6.05. The van der Waals surface area contributed by atoms with Crippen LogP contribution in [0, 0.1) is 11.6 Å². The molecular weight excluding hydrogens is 264 g/mol. The number of hydrogen-bond donors (Lipinski definition) is 1.